The number of thioether (sulfide) groups is 1. The van der Waals surface area contributed by atoms with Crippen molar-refractivity contribution in [3.05, 3.63) is 76.2 Å². The van der Waals surface area contributed by atoms with Gasteiger partial charge in [-0.15, -0.1) is 11.8 Å². The van der Waals surface area contributed by atoms with Crippen molar-refractivity contribution in [2.75, 3.05) is 6.54 Å². The lowest BCUT2D eigenvalue weighted by Gasteiger charge is -2.14. The second-order valence-corrected chi connectivity index (χ2v) is 7.80. The number of aryl methyl sites for hydroxylation is 1. The van der Waals surface area contributed by atoms with Crippen LogP contribution in [0.25, 0.3) is 5.57 Å². The molecule has 0 bridgehead atoms. The van der Waals surface area contributed by atoms with E-state index in [1.807, 2.05) is 61.5 Å². The fourth-order valence-electron chi connectivity index (χ4n) is 3.12. The molecule has 1 aliphatic rings. The molecule has 0 fully saturated rings. The normalized spacial score (nSPS) is 14.4. The van der Waals surface area contributed by atoms with Gasteiger partial charge in [-0.25, -0.2) is 0 Å². The van der Waals surface area contributed by atoms with Crippen molar-refractivity contribution in [1.29, 1.82) is 0 Å². The molecular weight excluding hydrogens is 354 g/mol. The van der Waals surface area contributed by atoms with Crippen LogP contribution in [0.15, 0.2) is 59.5 Å². The van der Waals surface area contributed by atoms with Crippen LogP contribution in [-0.4, -0.2) is 23.3 Å². The monoisotopic (exact) mass is 379 g/mol. The molecule has 0 saturated heterocycles. The lowest BCUT2D eigenvalue weighted by atomic mass is 10.0. The molecule has 1 heterocycles. The summed E-state index contributed by atoms with van der Waals surface area (Å²) in [6.45, 7) is 4.63. The summed E-state index contributed by atoms with van der Waals surface area (Å²) in [5.74, 6) is 0.371. The van der Waals surface area contributed by atoms with E-state index in [1.54, 1.807) is 0 Å². The molecule has 2 amide bonds. The van der Waals surface area contributed by atoms with Crippen molar-refractivity contribution < 1.29 is 9.59 Å². The molecule has 0 unspecified atom stereocenters. The smallest absolute Gasteiger partial charge is 0.267 e. The van der Waals surface area contributed by atoms with Gasteiger partial charge in [0.1, 0.15) is 0 Å². The summed E-state index contributed by atoms with van der Waals surface area (Å²) in [5, 5.41) is 0. The molecule has 2 aromatic rings. The largest absolute Gasteiger partial charge is 0.274 e. The minimum absolute atomic E-state index is 0.146. The van der Waals surface area contributed by atoms with E-state index >= 15 is 0 Å². The predicted octanol–water partition coefficient (Wildman–Crippen LogP) is 5.20. The SMILES string of the molecule is CCCCCN1C(=O)C(SCc2ccccc2)=C(c2ccc(C)cc2)C1=O. The number of benzene rings is 2. The number of carbonyl (C=O) groups excluding carboxylic acids is 2. The van der Waals surface area contributed by atoms with Crippen molar-refractivity contribution in [2.45, 2.75) is 38.9 Å². The Morgan fingerprint density at radius 2 is 1.59 bits per heavy atom. The minimum Gasteiger partial charge on any atom is -0.274 e. The third kappa shape index (κ3) is 4.51. The second kappa shape index (κ2) is 9.05. The number of unbranched alkanes of at least 4 members (excludes halogenated alkanes) is 2. The predicted molar refractivity (Wildman–Crippen MR) is 112 cm³/mol. The van der Waals surface area contributed by atoms with Gasteiger partial charge in [0, 0.05) is 12.3 Å². The van der Waals surface area contributed by atoms with E-state index in [9.17, 15) is 9.59 Å². The third-order valence-electron chi connectivity index (χ3n) is 4.68. The van der Waals surface area contributed by atoms with Gasteiger partial charge in [-0.3, -0.25) is 14.5 Å². The quantitative estimate of drug-likeness (QED) is 0.467. The molecular formula is C23H25NO2S. The van der Waals surface area contributed by atoms with Gasteiger partial charge in [-0.2, -0.15) is 0 Å². The van der Waals surface area contributed by atoms with Gasteiger partial charge >= 0.3 is 0 Å². The maximum absolute atomic E-state index is 13.1. The van der Waals surface area contributed by atoms with Crippen LogP contribution in [0.3, 0.4) is 0 Å². The van der Waals surface area contributed by atoms with Gasteiger partial charge in [-0.1, -0.05) is 79.9 Å². The zero-order valence-corrected chi connectivity index (χ0v) is 16.7. The molecule has 3 rings (SSSR count). The lowest BCUT2D eigenvalue weighted by molar-refractivity contribution is -0.136. The van der Waals surface area contributed by atoms with E-state index in [1.165, 1.54) is 16.7 Å². The maximum atomic E-state index is 13.1. The average Bonchev–Trinajstić information content (AvgIpc) is 2.92. The van der Waals surface area contributed by atoms with Crippen LogP contribution in [0, 0.1) is 6.92 Å². The molecule has 0 N–H and O–H groups in total. The molecule has 140 valence electrons. The third-order valence-corrected chi connectivity index (χ3v) is 5.82. The number of imide groups is 1. The van der Waals surface area contributed by atoms with E-state index in [0.717, 1.165) is 36.0 Å². The van der Waals surface area contributed by atoms with Crippen LogP contribution in [0.4, 0.5) is 0 Å². The van der Waals surface area contributed by atoms with Gasteiger partial charge < -0.3 is 0 Å². The minimum atomic E-state index is -0.157. The van der Waals surface area contributed by atoms with Crippen LogP contribution in [0.5, 0.6) is 0 Å². The van der Waals surface area contributed by atoms with E-state index in [4.69, 9.17) is 0 Å². The molecule has 0 spiro atoms. The Kier molecular flexibility index (Phi) is 6.51. The number of hydrogen-bond donors (Lipinski definition) is 0. The summed E-state index contributed by atoms with van der Waals surface area (Å²) in [5.41, 5.74) is 3.65. The Morgan fingerprint density at radius 3 is 2.26 bits per heavy atom. The second-order valence-electron chi connectivity index (χ2n) is 6.81. The van der Waals surface area contributed by atoms with Crippen molar-refractivity contribution >= 4 is 29.1 Å². The molecule has 0 atom stereocenters. The molecule has 3 nitrogen and oxygen atoms in total. The highest BCUT2D eigenvalue weighted by Gasteiger charge is 2.38. The molecule has 1 aliphatic heterocycles. The number of hydrogen-bond acceptors (Lipinski definition) is 3. The molecule has 0 aromatic heterocycles. The van der Waals surface area contributed by atoms with E-state index in [2.05, 4.69) is 6.92 Å². The van der Waals surface area contributed by atoms with Gasteiger partial charge in [0.15, 0.2) is 0 Å². The summed E-state index contributed by atoms with van der Waals surface area (Å²) in [6, 6.07) is 17.9. The lowest BCUT2D eigenvalue weighted by Crippen LogP contribution is -2.32. The van der Waals surface area contributed by atoms with Gasteiger partial charge in [0.2, 0.25) is 0 Å². The Bertz CT molecular complexity index is 840. The summed E-state index contributed by atoms with van der Waals surface area (Å²) < 4.78 is 0. The highest BCUT2D eigenvalue weighted by atomic mass is 32.2. The Morgan fingerprint density at radius 1 is 0.889 bits per heavy atom. The molecule has 0 radical (unpaired) electrons. The maximum Gasteiger partial charge on any atom is 0.267 e. The van der Waals surface area contributed by atoms with Crippen LogP contribution in [-0.2, 0) is 15.3 Å². The van der Waals surface area contributed by atoms with E-state index < -0.39 is 0 Å². The number of nitrogens with zero attached hydrogens (tertiary/aromatic N) is 1. The number of rotatable bonds is 8. The van der Waals surface area contributed by atoms with Gasteiger partial charge in [0.25, 0.3) is 11.8 Å². The highest BCUT2D eigenvalue weighted by Crippen LogP contribution is 2.37. The van der Waals surface area contributed by atoms with Crippen LogP contribution < -0.4 is 0 Å². The topological polar surface area (TPSA) is 37.4 Å². The molecule has 0 aliphatic carbocycles. The first-order valence-corrected chi connectivity index (χ1v) is 10.4. The Hall–Kier alpha value is -2.33. The average molecular weight is 380 g/mol. The van der Waals surface area contributed by atoms with Crippen molar-refractivity contribution in [2.24, 2.45) is 0 Å². The van der Waals surface area contributed by atoms with Crippen LogP contribution in [0.2, 0.25) is 0 Å². The summed E-state index contributed by atoms with van der Waals surface area (Å²) in [6.07, 6.45) is 2.93. The highest BCUT2D eigenvalue weighted by molar-refractivity contribution is 8.03. The zero-order chi connectivity index (χ0) is 19.2. The Balaban J connectivity index is 1.89. The standard InChI is InChI=1S/C23H25NO2S/c1-3-4-8-15-24-22(25)20(19-13-11-17(2)12-14-19)21(23(24)26)27-16-18-9-6-5-7-10-18/h5-7,9-14H,3-4,8,15-16H2,1-2H3. The van der Waals surface area contributed by atoms with Crippen molar-refractivity contribution in [3.8, 4) is 0 Å². The summed E-state index contributed by atoms with van der Waals surface area (Å²) >= 11 is 1.47. The summed E-state index contributed by atoms with van der Waals surface area (Å²) in [7, 11) is 0. The fourth-order valence-corrected chi connectivity index (χ4v) is 4.20. The first-order chi connectivity index (χ1) is 13.1. The molecule has 27 heavy (non-hydrogen) atoms. The van der Waals surface area contributed by atoms with Crippen LogP contribution in [0.1, 0.15) is 42.9 Å². The first-order valence-electron chi connectivity index (χ1n) is 9.46. The van der Waals surface area contributed by atoms with Gasteiger partial charge in [-0.05, 0) is 24.5 Å². The fraction of sp³-hybridized carbons (Fsp3) is 0.304. The molecule has 0 saturated carbocycles. The van der Waals surface area contributed by atoms with Crippen molar-refractivity contribution in [1.82, 2.24) is 4.90 Å². The number of amides is 2. The molecule has 2 aromatic carbocycles. The molecule has 4 heteroatoms. The summed E-state index contributed by atoms with van der Waals surface area (Å²) in [4.78, 5) is 28.1. The van der Waals surface area contributed by atoms with E-state index in [0.29, 0.717) is 22.8 Å². The number of carbonyl (C=O) groups is 2. The van der Waals surface area contributed by atoms with E-state index in [-0.39, 0.29) is 11.8 Å². The zero-order valence-electron chi connectivity index (χ0n) is 15.9. The van der Waals surface area contributed by atoms with Crippen LogP contribution >= 0.6 is 11.8 Å². The Labute approximate surface area is 165 Å². The van der Waals surface area contributed by atoms with Gasteiger partial charge in [0.05, 0.1) is 10.5 Å². The first kappa shape index (κ1) is 19.4. The van der Waals surface area contributed by atoms with Crippen molar-refractivity contribution in [3.63, 3.8) is 0 Å².